The van der Waals surface area contributed by atoms with E-state index >= 15 is 0 Å². The summed E-state index contributed by atoms with van der Waals surface area (Å²) in [5, 5.41) is 9.42. The molecule has 1 aliphatic heterocycles. The maximum absolute atomic E-state index is 8.97. The molecule has 0 amide bonds. The number of hydrogen-bond donors (Lipinski definition) is 1. The number of hydrogen-bond acceptors (Lipinski definition) is 2. The van der Waals surface area contributed by atoms with Crippen LogP contribution in [-0.4, -0.2) is 22.2 Å². The van der Waals surface area contributed by atoms with Crippen LogP contribution in [0.25, 0.3) is 0 Å². The Kier molecular flexibility index (Phi) is 1.97. The fourth-order valence-corrected chi connectivity index (χ4v) is 1.62. The largest absolute Gasteiger partial charge is 0.391 e. The maximum atomic E-state index is 8.97. The van der Waals surface area contributed by atoms with Crippen molar-refractivity contribution in [1.82, 2.24) is 0 Å². The van der Waals surface area contributed by atoms with Gasteiger partial charge in [0.25, 0.3) is 0 Å². The summed E-state index contributed by atoms with van der Waals surface area (Å²) in [4.78, 5) is 0. The van der Waals surface area contributed by atoms with Gasteiger partial charge in [-0.2, -0.15) is 11.8 Å². The van der Waals surface area contributed by atoms with Gasteiger partial charge in [-0.15, -0.1) is 6.58 Å². The second-order valence-corrected chi connectivity index (χ2v) is 3.24. The molecule has 2 unspecified atom stereocenters. The minimum absolute atomic E-state index is 0.0574. The molecule has 0 bridgehead atoms. The van der Waals surface area contributed by atoms with Gasteiger partial charge in [0.1, 0.15) is 0 Å². The lowest BCUT2D eigenvalue weighted by Crippen LogP contribution is -2.35. The quantitative estimate of drug-likeness (QED) is 0.563. The van der Waals surface area contributed by atoms with Crippen LogP contribution >= 0.6 is 11.8 Å². The molecule has 2 heteroatoms. The molecule has 0 aliphatic carbocycles. The van der Waals surface area contributed by atoms with Crippen LogP contribution in [0.1, 0.15) is 6.42 Å². The number of thioether (sulfide) groups is 1. The molecular formula is C6H10OS. The van der Waals surface area contributed by atoms with E-state index < -0.39 is 0 Å². The third-order valence-corrected chi connectivity index (χ3v) is 2.78. The molecule has 0 aromatic heterocycles. The van der Waals surface area contributed by atoms with Gasteiger partial charge in [0.2, 0.25) is 0 Å². The molecule has 0 saturated carbocycles. The van der Waals surface area contributed by atoms with Crippen LogP contribution in [0.5, 0.6) is 0 Å². The first kappa shape index (κ1) is 6.17. The molecule has 1 aliphatic rings. The number of rotatable bonds is 2. The van der Waals surface area contributed by atoms with Crippen molar-refractivity contribution in [2.45, 2.75) is 17.8 Å². The van der Waals surface area contributed by atoms with Gasteiger partial charge in [-0.1, -0.05) is 6.08 Å². The van der Waals surface area contributed by atoms with E-state index in [0.29, 0.717) is 5.25 Å². The highest BCUT2D eigenvalue weighted by Gasteiger charge is 2.27. The van der Waals surface area contributed by atoms with Crippen LogP contribution < -0.4 is 0 Å². The monoisotopic (exact) mass is 130 g/mol. The molecule has 0 spiro atoms. The lowest BCUT2D eigenvalue weighted by Gasteiger charge is -2.30. The fourth-order valence-electron chi connectivity index (χ4n) is 0.708. The van der Waals surface area contributed by atoms with Crippen LogP contribution in [0.3, 0.4) is 0 Å². The Bertz CT molecular complexity index is 92.5. The highest BCUT2D eigenvalue weighted by atomic mass is 32.2. The maximum Gasteiger partial charge on any atom is 0.0752 e. The van der Waals surface area contributed by atoms with Crippen molar-refractivity contribution in [2.75, 3.05) is 5.75 Å². The lowest BCUT2D eigenvalue weighted by atomic mass is 10.2. The third-order valence-electron chi connectivity index (χ3n) is 1.31. The first-order valence-electron chi connectivity index (χ1n) is 2.75. The predicted molar refractivity (Wildman–Crippen MR) is 37.1 cm³/mol. The second kappa shape index (κ2) is 2.55. The smallest absolute Gasteiger partial charge is 0.0752 e. The Morgan fingerprint density at radius 2 is 2.62 bits per heavy atom. The average molecular weight is 130 g/mol. The van der Waals surface area contributed by atoms with Gasteiger partial charge in [-0.05, 0) is 6.42 Å². The molecule has 0 aromatic rings. The first-order valence-corrected chi connectivity index (χ1v) is 3.80. The van der Waals surface area contributed by atoms with Crippen LogP contribution in [0, 0.1) is 0 Å². The summed E-state index contributed by atoms with van der Waals surface area (Å²) < 4.78 is 0. The lowest BCUT2D eigenvalue weighted by molar-refractivity contribution is 0.182. The predicted octanol–water partition coefficient (Wildman–Crippen LogP) is 1.04. The van der Waals surface area contributed by atoms with Crippen molar-refractivity contribution in [3.63, 3.8) is 0 Å². The molecule has 1 rings (SSSR count). The highest BCUT2D eigenvalue weighted by molar-refractivity contribution is 8.01. The number of aliphatic hydroxyl groups excluding tert-OH is 1. The van der Waals surface area contributed by atoms with E-state index in [1.54, 1.807) is 0 Å². The van der Waals surface area contributed by atoms with Crippen LogP contribution in [0.15, 0.2) is 12.7 Å². The SMILES string of the molecule is C=CCC1SCC1O. The zero-order valence-corrected chi connectivity index (χ0v) is 5.53. The molecule has 1 fully saturated rings. The third kappa shape index (κ3) is 1.06. The summed E-state index contributed by atoms with van der Waals surface area (Å²) in [5.74, 6) is 0.915. The molecule has 0 aromatic carbocycles. The van der Waals surface area contributed by atoms with Gasteiger partial charge in [-0.25, -0.2) is 0 Å². The molecule has 0 radical (unpaired) electrons. The highest BCUT2D eigenvalue weighted by Crippen LogP contribution is 2.30. The van der Waals surface area contributed by atoms with Crippen molar-refractivity contribution < 1.29 is 5.11 Å². The molecule has 46 valence electrons. The fraction of sp³-hybridized carbons (Fsp3) is 0.667. The minimum atomic E-state index is -0.0574. The zero-order chi connectivity index (χ0) is 5.98. The molecule has 1 N–H and O–H groups in total. The van der Waals surface area contributed by atoms with Gasteiger partial charge in [0.15, 0.2) is 0 Å². The van der Waals surface area contributed by atoms with Crippen LogP contribution in [0.4, 0.5) is 0 Å². The molecule has 2 atom stereocenters. The molecule has 1 nitrogen and oxygen atoms in total. The van der Waals surface area contributed by atoms with Crippen molar-refractivity contribution in [3.8, 4) is 0 Å². The Balaban J connectivity index is 2.16. The molecule has 8 heavy (non-hydrogen) atoms. The summed E-state index contributed by atoms with van der Waals surface area (Å²) in [7, 11) is 0. The number of allylic oxidation sites excluding steroid dienone is 1. The van der Waals surface area contributed by atoms with Crippen molar-refractivity contribution in [2.24, 2.45) is 0 Å². The van der Waals surface area contributed by atoms with Gasteiger partial charge in [-0.3, -0.25) is 0 Å². The summed E-state index contributed by atoms with van der Waals surface area (Å²) in [5.41, 5.74) is 0. The normalized spacial score (nSPS) is 36.1. The first-order chi connectivity index (χ1) is 3.84. The van der Waals surface area contributed by atoms with E-state index in [0.717, 1.165) is 12.2 Å². The standard InChI is InChI=1S/C6H10OS/c1-2-3-6-5(7)4-8-6/h2,5-7H,1,3-4H2. The van der Waals surface area contributed by atoms with Crippen LogP contribution in [-0.2, 0) is 0 Å². The Hall–Kier alpha value is 0.0500. The van der Waals surface area contributed by atoms with Crippen molar-refractivity contribution in [1.29, 1.82) is 0 Å². The Morgan fingerprint density at radius 3 is 2.75 bits per heavy atom. The second-order valence-electron chi connectivity index (χ2n) is 1.96. The van der Waals surface area contributed by atoms with E-state index in [4.69, 9.17) is 5.11 Å². The summed E-state index contributed by atoms with van der Waals surface area (Å²) in [6.45, 7) is 3.59. The van der Waals surface area contributed by atoms with Crippen LogP contribution in [0.2, 0.25) is 0 Å². The van der Waals surface area contributed by atoms with Crippen molar-refractivity contribution in [3.05, 3.63) is 12.7 Å². The van der Waals surface area contributed by atoms with E-state index in [1.807, 2.05) is 17.8 Å². The van der Waals surface area contributed by atoms with E-state index in [-0.39, 0.29) is 6.10 Å². The Labute approximate surface area is 53.8 Å². The average Bonchev–Trinajstić information content (AvgIpc) is 1.79. The molecule has 1 saturated heterocycles. The Morgan fingerprint density at radius 1 is 1.88 bits per heavy atom. The minimum Gasteiger partial charge on any atom is -0.391 e. The van der Waals surface area contributed by atoms with Gasteiger partial charge in [0.05, 0.1) is 6.10 Å². The summed E-state index contributed by atoms with van der Waals surface area (Å²) in [6.07, 6.45) is 2.75. The van der Waals surface area contributed by atoms with Gasteiger partial charge < -0.3 is 5.11 Å². The number of aliphatic hydroxyl groups is 1. The summed E-state index contributed by atoms with van der Waals surface area (Å²) >= 11 is 1.82. The van der Waals surface area contributed by atoms with Gasteiger partial charge >= 0.3 is 0 Å². The summed E-state index contributed by atoms with van der Waals surface area (Å²) in [6, 6.07) is 0. The van der Waals surface area contributed by atoms with Crippen molar-refractivity contribution >= 4 is 11.8 Å². The van der Waals surface area contributed by atoms with E-state index in [9.17, 15) is 0 Å². The van der Waals surface area contributed by atoms with Gasteiger partial charge in [0, 0.05) is 11.0 Å². The zero-order valence-electron chi connectivity index (χ0n) is 4.71. The molecular weight excluding hydrogens is 120 g/mol. The molecule has 1 heterocycles. The van der Waals surface area contributed by atoms with E-state index in [2.05, 4.69) is 6.58 Å². The van der Waals surface area contributed by atoms with E-state index in [1.165, 1.54) is 0 Å². The topological polar surface area (TPSA) is 20.2 Å².